The second kappa shape index (κ2) is 7.51. The number of nitrogens with one attached hydrogen (secondary N) is 1. The second-order valence-corrected chi connectivity index (χ2v) is 6.59. The summed E-state index contributed by atoms with van der Waals surface area (Å²) < 4.78 is 0. The van der Waals surface area contributed by atoms with Gasteiger partial charge >= 0.3 is 6.03 Å². The number of rotatable bonds is 3. The van der Waals surface area contributed by atoms with Gasteiger partial charge in [-0.3, -0.25) is 0 Å². The number of hydrogen-bond donors (Lipinski definition) is 1. The lowest BCUT2D eigenvalue weighted by atomic mass is 10.0. The Morgan fingerprint density at radius 3 is 2.60 bits per heavy atom. The molecule has 0 radical (unpaired) electrons. The van der Waals surface area contributed by atoms with E-state index in [1.54, 1.807) is 6.33 Å². The van der Waals surface area contributed by atoms with E-state index in [0.717, 1.165) is 48.7 Å². The zero-order valence-electron chi connectivity index (χ0n) is 15.1. The van der Waals surface area contributed by atoms with Gasteiger partial charge in [0.15, 0.2) is 0 Å². The third-order valence-electron chi connectivity index (χ3n) is 4.84. The number of nitrogens with zero attached hydrogens (tertiary/aromatic N) is 4. The van der Waals surface area contributed by atoms with Crippen LogP contribution in [0.2, 0.25) is 0 Å². The van der Waals surface area contributed by atoms with Gasteiger partial charge in [0.1, 0.15) is 12.1 Å². The van der Waals surface area contributed by atoms with E-state index < -0.39 is 0 Å². The number of hydrogen-bond acceptors (Lipinski definition) is 4. The van der Waals surface area contributed by atoms with E-state index in [-0.39, 0.29) is 6.03 Å². The summed E-state index contributed by atoms with van der Waals surface area (Å²) >= 11 is 0. The van der Waals surface area contributed by atoms with Crippen LogP contribution < -0.4 is 10.2 Å². The summed E-state index contributed by atoms with van der Waals surface area (Å²) in [6, 6.07) is 10.2. The molecule has 1 aliphatic rings. The van der Waals surface area contributed by atoms with Crippen molar-refractivity contribution in [2.24, 2.45) is 0 Å². The molecule has 0 aliphatic carbocycles. The van der Waals surface area contributed by atoms with Gasteiger partial charge in [-0.25, -0.2) is 14.8 Å². The molecule has 1 fully saturated rings. The smallest absolute Gasteiger partial charge is 0.321 e. The largest absolute Gasteiger partial charge is 0.356 e. The lowest BCUT2D eigenvalue weighted by Gasteiger charge is -2.37. The number of likely N-dealkylation sites (tertiary alicyclic amines) is 1. The van der Waals surface area contributed by atoms with Gasteiger partial charge in [-0.15, -0.1) is 0 Å². The van der Waals surface area contributed by atoms with Crippen molar-refractivity contribution in [2.75, 3.05) is 30.4 Å². The standard InChI is InChI=1S/C19H25N5O/c1-14-6-4-5-7-17(14)22-19(25)24-10-8-16(9-11-24)23(3)18-12-15(2)20-13-21-18/h4-7,12-13,16H,8-11H2,1-3H3,(H,22,25). The molecule has 6 nitrogen and oxygen atoms in total. The van der Waals surface area contributed by atoms with Crippen molar-refractivity contribution in [3.05, 3.63) is 47.9 Å². The molecule has 1 aliphatic heterocycles. The summed E-state index contributed by atoms with van der Waals surface area (Å²) in [6.07, 6.45) is 3.47. The van der Waals surface area contributed by atoms with E-state index in [1.807, 2.05) is 49.1 Å². The van der Waals surface area contributed by atoms with E-state index in [4.69, 9.17) is 0 Å². The van der Waals surface area contributed by atoms with Gasteiger partial charge in [0, 0.05) is 43.6 Å². The fourth-order valence-corrected chi connectivity index (χ4v) is 3.18. The molecule has 1 aromatic carbocycles. The predicted octanol–water partition coefficient (Wildman–Crippen LogP) is 3.23. The number of para-hydroxylation sites is 1. The second-order valence-electron chi connectivity index (χ2n) is 6.59. The zero-order valence-corrected chi connectivity index (χ0v) is 15.1. The molecule has 132 valence electrons. The third-order valence-corrected chi connectivity index (χ3v) is 4.84. The fraction of sp³-hybridized carbons (Fsp3) is 0.421. The van der Waals surface area contributed by atoms with Crippen molar-refractivity contribution in [1.29, 1.82) is 0 Å². The van der Waals surface area contributed by atoms with Crippen molar-refractivity contribution < 1.29 is 4.79 Å². The number of aryl methyl sites for hydroxylation is 2. The van der Waals surface area contributed by atoms with E-state index in [9.17, 15) is 4.79 Å². The number of anilines is 2. The molecular formula is C19H25N5O. The van der Waals surface area contributed by atoms with Gasteiger partial charge in [0.2, 0.25) is 0 Å². The maximum atomic E-state index is 12.5. The lowest BCUT2D eigenvalue weighted by molar-refractivity contribution is 0.194. The van der Waals surface area contributed by atoms with Gasteiger partial charge in [0.25, 0.3) is 0 Å². The van der Waals surface area contributed by atoms with Crippen LogP contribution in [0.5, 0.6) is 0 Å². The Bertz CT molecular complexity index is 740. The molecule has 1 aromatic heterocycles. The molecule has 2 amide bonds. The van der Waals surface area contributed by atoms with Crippen LogP contribution in [0.15, 0.2) is 36.7 Å². The molecule has 0 saturated carbocycles. The van der Waals surface area contributed by atoms with Crippen molar-refractivity contribution in [1.82, 2.24) is 14.9 Å². The van der Waals surface area contributed by atoms with Crippen molar-refractivity contribution in [3.8, 4) is 0 Å². The van der Waals surface area contributed by atoms with Gasteiger partial charge in [-0.2, -0.15) is 0 Å². The van der Waals surface area contributed by atoms with Crippen molar-refractivity contribution >= 4 is 17.5 Å². The van der Waals surface area contributed by atoms with Gasteiger partial charge in [-0.1, -0.05) is 18.2 Å². The molecule has 0 atom stereocenters. The highest BCUT2D eigenvalue weighted by molar-refractivity contribution is 5.90. The fourth-order valence-electron chi connectivity index (χ4n) is 3.18. The van der Waals surface area contributed by atoms with E-state index >= 15 is 0 Å². The number of urea groups is 1. The van der Waals surface area contributed by atoms with E-state index in [0.29, 0.717) is 6.04 Å². The molecule has 1 N–H and O–H groups in total. The quantitative estimate of drug-likeness (QED) is 0.933. The minimum atomic E-state index is -0.0201. The maximum Gasteiger partial charge on any atom is 0.321 e. The monoisotopic (exact) mass is 339 g/mol. The molecule has 0 spiro atoms. The number of amides is 2. The first-order chi connectivity index (χ1) is 12.0. The van der Waals surface area contributed by atoms with E-state index in [2.05, 4.69) is 27.2 Å². The highest BCUT2D eigenvalue weighted by Crippen LogP contribution is 2.21. The molecule has 25 heavy (non-hydrogen) atoms. The average molecular weight is 339 g/mol. The molecule has 1 saturated heterocycles. The number of carbonyl (C=O) groups is 1. The predicted molar refractivity (Wildman–Crippen MR) is 100.0 cm³/mol. The van der Waals surface area contributed by atoms with Crippen molar-refractivity contribution in [3.63, 3.8) is 0 Å². The molecular weight excluding hydrogens is 314 g/mol. The lowest BCUT2D eigenvalue weighted by Crippen LogP contribution is -2.47. The number of piperidine rings is 1. The maximum absolute atomic E-state index is 12.5. The summed E-state index contributed by atoms with van der Waals surface area (Å²) in [5.74, 6) is 0.940. The summed E-state index contributed by atoms with van der Waals surface area (Å²) in [7, 11) is 2.06. The highest BCUT2D eigenvalue weighted by atomic mass is 16.2. The Kier molecular flexibility index (Phi) is 5.16. The van der Waals surface area contributed by atoms with Crippen LogP contribution in [0, 0.1) is 13.8 Å². The Hall–Kier alpha value is -2.63. The van der Waals surface area contributed by atoms with E-state index in [1.165, 1.54) is 0 Å². The normalized spacial score (nSPS) is 15.1. The van der Waals surface area contributed by atoms with Gasteiger partial charge in [-0.05, 0) is 38.3 Å². The molecule has 2 aromatic rings. The number of aromatic nitrogens is 2. The SMILES string of the molecule is Cc1cc(N(C)C2CCN(C(=O)Nc3ccccc3C)CC2)ncn1. The third kappa shape index (κ3) is 4.07. The minimum absolute atomic E-state index is 0.0201. The number of carbonyl (C=O) groups excluding carboxylic acids is 1. The van der Waals surface area contributed by atoms with Crippen LogP contribution in [0.25, 0.3) is 0 Å². The molecule has 0 unspecified atom stereocenters. The topological polar surface area (TPSA) is 61.4 Å². The Balaban J connectivity index is 1.56. The van der Waals surface area contributed by atoms with Crippen LogP contribution >= 0.6 is 0 Å². The Labute approximate surface area is 148 Å². The first-order valence-electron chi connectivity index (χ1n) is 8.67. The molecule has 0 bridgehead atoms. The van der Waals surface area contributed by atoms with Crippen LogP contribution in [0.1, 0.15) is 24.1 Å². The Morgan fingerprint density at radius 2 is 1.92 bits per heavy atom. The van der Waals surface area contributed by atoms with Crippen LogP contribution in [-0.4, -0.2) is 47.1 Å². The zero-order chi connectivity index (χ0) is 17.8. The van der Waals surface area contributed by atoms with Gasteiger partial charge < -0.3 is 15.1 Å². The first kappa shape index (κ1) is 17.2. The number of benzene rings is 1. The van der Waals surface area contributed by atoms with Crippen LogP contribution in [0.3, 0.4) is 0 Å². The first-order valence-corrected chi connectivity index (χ1v) is 8.67. The van der Waals surface area contributed by atoms with Gasteiger partial charge in [0.05, 0.1) is 0 Å². The molecule has 2 heterocycles. The summed E-state index contributed by atoms with van der Waals surface area (Å²) in [5.41, 5.74) is 2.92. The minimum Gasteiger partial charge on any atom is -0.356 e. The van der Waals surface area contributed by atoms with Crippen molar-refractivity contribution in [2.45, 2.75) is 32.7 Å². The summed E-state index contributed by atoms with van der Waals surface area (Å²) in [6.45, 7) is 5.46. The highest BCUT2D eigenvalue weighted by Gasteiger charge is 2.26. The Morgan fingerprint density at radius 1 is 1.20 bits per heavy atom. The summed E-state index contributed by atoms with van der Waals surface area (Å²) in [5, 5.41) is 3.02. The molecule has 6 heteroatoms. The van der Waals surface area contributed by atoms with Crippen LogP contribution in [-0.2, 0) is 0 Å². The van der Waals surface area contributed by atoms with Crippen LogP contribution in [0.4, 0.5) is 16.3 Å². The molecule has 3 rings (SSSR count). The average Bonchev–Trinajstić information content (AvgIpc) is 2.63. The summed E-state index contributed by atoms with van der Waals surface area (Å²) in [4.78, 5) is 25.1.